The zero-order chi connectivity index (χ0) is 11.2. The quantitative estimate of drug-likeness (QED) is 0.818. The van der Waals surface area contributed by atoms with Gasteiger partial charge in [0.1, 0.15) is 17.8 Å². The van der Waals surface area contributed by atoms with Crippen molar-refractivity contribution in [3.05, 3.63) is 18.6 Å². The van der Waals surface area contributed by atoms with E-state index in [1.165, 1.54) is 6.33 Å². The smallest absolute Gasteiger partial charge is 0.145 e. The van der Waals surface area contributed by atoms with Crippen molar-refractivity contribution in [1.82, 2.24) is 14.5 Å². The summed E-state index contributed by atoms with van der Waals surface area (Å²) in [5, 5.41) is 0.923. The van der Waals surface area contributed by atoms with Gasteiger partial charge in [-0.3, -0.25) is 0 Å². The van der Waals surface area contributed by atoms with E-state index in [4.69, 9.17) is 10.5 Å². The van der Waals surface area contributed by atoms with Crippen LogP contribution in [0.15, 0.2) is 18.6 Å². The molecule has 0 atom stereocenters. The molecule has 3 heterocycles. The summed E-state index contributed by atoms with van der Waals surface area (Å²) in [5.74, 6) is 0.541. The number of hydrogen-bond acceptors (Lipinski definition) is 4. The molecule has 2 aromatic rings. The highest BCUT2D eigenvalue weighted by molar-refractivity contribution is 5.85. The highest BCUT2D eigenvalue weighted by atomic mass is 16.5. The van der Waals surface area contributed by atoms with E-state index in [0.717, 1.165) is 30.8 Å². The van der Waals surface area contributed by atoms with Crippen LogP contribution in [0.2, 0.25) is 0 Å². The number of rotatable bonds is 2. The van der Waals surface area contributed by atoms with Crippen LogP contribution < -0.4 is 5.73 Å². The first-order chi connectivity index (χ1) is 7.68. The topological polar surface area (TPSA) is 66.0 Å². The Hall–Kier alpha value is -1.62. The lowest BCUT2D eigenvalue weighted by Crippen LogP contribution is -2.43. The van der Waals surface area contributed by atoms with Crippen molar-refractivity contribution in [2.75, 3.05) is 18.9 Å². The van der Waals surface area contributed by atoms with Gasteiger partial charge in [-0.15, -0.1) is 0 Å². The molecule has 0 aromatic carbocycles. The Balaban J connectivity index is 2.01. The number of nitrogens with zero attached hydrogens (tertiary/aromatic N) is 3. The van der Waals surface area contributed by atoms with Crippen LogP contribution in [-0.2, 0) is 11.3 Å². The molecule has 0 radical (unpaired) electrons. The van der Waals surface area contributed by atoms with Gasteiger partial charge in [0.2, 0.25) is 0 Å². The van der Waals surface area contributed by atoms with Gasteiger partial charge in [0, 0.05) is 18.2 Å². The van der Waals surface area contributed by atoms with Crippen LogP contribution in [0.4, 0.5) is 5.82 Å². The molecule has 1 saturated heterocycles. The van der Waals surface area contributed by atoms with Gasteiger partial charge in [-0.25, -0.2) is 9.97 Å². The number of nitrogen functional groups attached to an aromatic ring is 1. The molecule has 3 rings (SSSR count). The van der Waals surface area contributed by atoms with Crippen LogP contribution in [-0.4, -0.2) is 27.7 Å². The van der Waals surface area contributed by atoms with Crippen LogP contribution in [0.1, 0.15) is 6.92 Å². The van der Waals surface area contributed by atoms with Crippen molar-refractivity contribution in [2.45, 2.75) is 13.5 Å². The summed E-state index contributed by atoms with van der Waals surface area (Å²) in [6.45, 7) is 4.75. The van der Waals surface area contributed by atoms with E-state index in [9.17, 15) is 0 Å². The van der Waals surface area contributed by atoms with E-state index in [1.54, 1.807) is 0 Å². The van der Waals surface area contributed by atoms with Crippen molar-refractivity contribution < 1.29 is 4.74 Å². The van der Waals surface area contributed by atoms with Gasteiger partial charge in [0.05, 0.1) is 18.6 Å². The SMILES string of the molecule is CC1(Cn2ccc3c(N)ncnc32)COC1. The number of nitrogens with two attached hydrogens (primary N) is 1. The molecule has 84 valence electrons. The van der Waals surface area contributed by atoms with E-state index in [1.807, 2.05) is 12.3 Å². The minimum absolute atomic E-state index is 0.228. The van der Waals surface area contributed by atoms with Crippen molar-refractivity contribution in [1.29, 1.82) is 0 Å². The molecule has 1 aliphatic heterocycles. The predicted molar refractivity (Wildman–Crippen MR) is 60.9 cm³/mol. The van der Waals surface area contributed by atoms with Crippen LogP contribution >= 0.6 is 0 Å². The Bertz CT molecular complexity index is 530. The fourth-order valence-corrected chi connectivity index (χ4v) is 2.10. The maximum Gasteiger partial charge on any atom is 0.145 e. The lowest BCUT2D eigenvalue weighted by atomic mass is 9.89. The maximum absolute atomic E-state index is 5.79. The zero-order valence-electron chi connectivity index (χ0n) is 9.18. The summed E-state index contributed by atoms with van der Waals surface area (Å²) in [4.78, 5) is 8.26. The molecule has 0 bridgehead atoms. The third kappa shape index (κ3) is 1.36. The van der Waals surface area contributed by atoms with E-state index in [0.29, 0.717) is 5.82 Å². The molecule has 0 aliphatic carbocycles. The number of anilines is 1. The Morgan fingerprint density at radius 1 is 1.50 bits per heavy atom. The summed E-state index contributed by atoms with van der Waals surface area (Å²) >= 11 is 0. The molecule has 16 heavy (non-hydrogen) atoms. The Labute approximate surface area is 93.2 Å². The lowest BCUT2D eigenvalue weighted by Gasteiger charge is -2.38. The first-order valence-corrected chi connectivity index (χ1v) is 5.31. The standard InChI is InChI=1S/C11H14N4O/c1-11(5-16-6-11)4-15-3-2-8-9(12)13-7-14-10(8)15/h2-3,7H,4-6H2,1H3,(H2,12,13,14). The molecule has 0 amide bonds. The summed E-state index contributed by atoms with van der Waals surface area (Å²) < 4.78 is 7.37. The maximum atomic E-state index is 5.79. The van der Waals surface area contributed by atoms with E-state index >= 15 is 0 Å². The molecule has 0 unspecified atom stereocenters. The number of ether oxygens (including phenoxy) is 1. The highest BCUT2D eigenvalue weighted by Gasteiger charge is 2.34. The van der Waals surface area contributed by atoms with Crippen molar-refractivity contribution in [2.24, 2.45) is 5.41 Å². The van der Waals surface area contributed by atoms with Gasteiger partial charge in [-0.1, -0.05) is 6.92 Å². The van der Waals surface area contributed by atoms with Crippen LogP contribution in [0.3, 0.4) is 0 Å². The van der Waals surface area contributed by atoms with E-state index in [2.05, 4.69) is 21.5 Å². The van der Waals surface area contributed by atoms with Gasteiger partial charge in [0.15, 0.2) is 0 Å². The first-order valence-electron chi connectivity index (χ1n) is 5.31. The van der Waals surface area contributed by atoms with Gasteiger partial charge in [-0.05, 0) is 6.07 Å². The van der Waals surface area contributed by atoms with Crippen molar-refractivity contribution in [3.8, 4) is 0 Å². The van der Waals surface area contributed by atoms with Gasteiger partial charge in [0.25, 0.3) is 0 Å². The second-order valence-corrected chi connectivity index (χ2v) is 4.74. The molecule has 1 fully saturated rings. The van der Waals surface area contributed by atoms with Gasteiger partial charge < -0.3 is 15.0 Å². The Morgan fingerprint density at radius 3 is 3.00 bits per heavy atom. The average Bonchev–Trinajstić information content (AvgIpc) is 2.61. The Morgan fingerprint density at radius 2 is 2.31 bits per heavy atom. The van der Waals surface area contributed by atoms with Crippen LogP contribution in [0.25, 0.3) is 11.0 Å². The molecule has 2 aromatic heterocycles. The predicted octanol–water partition coefficient (Wildman–Crippen LogP) is 1.05. The molecule has 1 aliphatic rings. The summed E-state index contributed by atoms with van der Waals surface area (Å²) in [5.41, 5.74) is 6.92. The second-order valence-electron chi connectivity index (χ2n) is 4.74. The van der Waals surface area contributed by atoms with Crippen molar-refractivity contribution >= 4 is 16.9 Å². The molecule has 0 saturated carbocycles. The number of hydrogen-bond donors (Lipinski definition) is 1. The summed E-state index contributed by atoms with van der Waals surface area (Å²) in [6.07, 6.45) is 3.52. The highest BCUT2D eigenvalue weighted by Crippen LogP contribution is 2.30. The number of fused-ring (bicyclic) bond motifs is 1. The van der Waals surface area contributed by atoms with Gasteiger partial charge >= 0.3 is 0 Å². The van der Waals surface area contributed by atoms with Crippen molar-refractivity contribution in [3.63, 3.8) is 0 Å². The molecular weight excluding hydrogens is 204 g/mol. The third-order valence-electron chi connectivity index (χ3n) is 3.04. The monoisotopic (exact) mass is 218 g/mol. The lowest BCUT2D eigenvalue weighted by molar-refractivity contribution is -0.109. The number of aromatic nitrogens is 3. The van der Waals surface area contributed by atoms with E-state index < -0.39 is 0 Å². The first kappa shape index (κ1) is 9.59. The van der Waals surface area contributed by atoms with E-state index in [-0.39, 0.29) is 5.41 Å². The largest absolute Gasteiger partial charge is 0.383 e. The molecular formula is C11H14N4O. The fourth-order valence-electron chi connectivity index (χ4n) is 2.10. The molecule has 0 spiro atoms. The normalized spacial score (nSPS) is 18.6. The fraction of sp³-hybridized carbons (Fsp3) is 0.455. The zero-order valence-corrected chi connectivity index (χ0v) is 9.18. The van der Waals surface area contributed by atoms with Crippen LogP contribution in [0.5, 0.6) is 0 Å². The second kappa shape index (κ2) is 3.18. The minimum Gasteiger partial charge on any atom is -0.383 e. The molecule has 5 heteroatoms. The summed E-state index contributed by atoms with van der Waals surface area (Å²) in [6, 6.07) is 1.97. The van der Waals surface area contributed by atoms with Crippen LogP contribution in [0, 0.1) is 5.41 Å². The average molecular weight is 218 g/mol. The third-order valence-corrected chi connectivity index (χ3v) is 3.04. The molecule has 5 nitrogen and oxygen atoms in total. The minimum atomic E-state index is 0.228. The Kier molecular flexibility index (Phi) is 1.91. The molecule has 2 N–H and O–H groups in total. The summed E-state index contributed by atoms with van der Waals surface area (Å²) in [7, 11) is 0. The van der Waals surface area contributed by atoms with Gasteiger partial charge in [-0.2, -0.15) is 0 Å².